The molecule has 2 heterocycles. The molecule has 0 N–H and O–H groups in total. The Hall–Kier alpha value is -6.65. The van der Waals surface area contributed by atoms with Crippen molar-refractivity contribution in [1.82, 2.24) is 15.0 Å². The predicted molar refractivity (Wildman–Crippen MR) is 213 cm³/mol. The largest absolute Gasteiger partial charge is 0.456 e. The Morgan fingerprint density at radius 1 is 0.481 bits per heavy atom. The van der Waals surface area contributed by atoms with Crippen LogP contribution in [0.3, 0.4) is 0 Å². The third-order valence-corrected chi connectivity index (χ3v) is 10.6. The van der Waals surface area contributed by atoms with E-state index in [4.69, 9.17) is 19.4 Å². The van der Waals surface area contributed by atoms with E-state index in [1.165, 1.54) is 38.4 Å². The maximum absolute atomic E-state index is 6.51. The number of benzene rings is 7. The maximum atomic E-state index is 6.51. The van der Waals surface area contributed by atoms with Crippen LogP contribution in [-0.2, 0) is 5.41 Å². The van der Waals surface area contributed by atoms with Crippen molar-refractivity contribution in [3.8, 4) is 34.2 Å². The van der Waals surface area contributed by atoms with Crippen LogP contribution in [-0.4, -0.2) is 15.0 Å². The summed E-state index contributed by atoms with van der Waals surface area (Å²) in [5.41, 5.74) is 8.34. The van der Waals surface area contributed by atoms with Crippen LogP contribution in [0.25, 0.3) is 78.3 Å². The van der Waals surface area contributed by atoms with E-state index in [1.807, 2.05) is 36.4 Å². The van der Waals surface area contributed by atoms with Crippen molar-refractivity contribution >= 4 is 44.2 Å². The highest BCUT2D eigenvalue weighted by Gasteiger charge is 2.39. The Morgan fingerprint density at radius 3 is 1.79 bits per heavy atom. The van der Waals surface area contributed by atoms with Crippen molar-refractivity contribution in [2.75, 3.05) is 0 Å². The van der Waals surface area contributed by atoms with Crippen LogP contribution < -0.4 is 0 Å². The van der Waals surface area contributed by atoms with Gasteiger partial charge in [-0.3, -0.25) is 0 Å². The average molecular weight is 668 g/mol. The van der Waals surface area contributed by atoms with Crippen molar-refractivity contribution < 1.29 is 4.42 Å². The molecule has 1 aliphatic carbocycles. The van der Waals surface area contributed by atoms with E-state index in [2.05, 4.69) is 140 Å². The van der Waals surface area contributed by atoms with Gasteiger partial charge in [0.1, 0.15) is 11.3 Å². The zero-order chi connectivity index (χ0) is 34.6. The van der Waals surface area contributed by atoms with Gasteiger partial charge in [-0.15, -0.1) is 0 Å². The fraction of sp³-hybridized carbons (Fsp3) is 0.0625. The van der Waals surface area contributed by atoms with Gasteiger partial charge in [-0.05, 0) is 62.9 Å². The van der Waals surface area contributed by atoms with Crippen molar-refractivity contribution in [2.45, 2.75) is 18.8 Å². The quantitative estimate of drug-likeness (QED) is 0.171. The zero-order valence-electron chi connectivity index (χ0n) is 28.6. The van der Waals surface area contributed by atoms with Gasteiger partial charge in [-0.2, -0.15) is 0 Å². The van der Waals surface area contributed by atoms with Gasteiger partial charge in [0.05, 0.1) is 0 Å². The molecule has 1 atom stereocenters. The van der Waals surface area contributed by atoms with E-state index in [1.54, 1.807) is 0 Å². The van der Waals surface area contributed by atoms with Crippen LogP contribution in [0.15, 0.2) is 168 Å². The number of nitrogens with zero attached hydrogens (tertiary/aromatic N) is 3. The predicted octanol–water partition coefficient (Wildman–Crippen LogP) is 12.2. The lowest BCUT2D eigenvalue weighted by Gasteiger charge is -2.35. The molecule has 4 heteroatoms. The highest BCUT2D eigenvalue weighted by atomic mass is 16.3. The first-order chi connectivity index (χ1) is 25.6. The lowest BCUT2D eigenvalue weighted by molar-refractivity contribution is 0.541. The van der Waals surface area contributed by atoms with Crippen molar-refractivity contribution in [3.05, 3.63) is 186 Å². The van der Waals surface area contributed by atoms with Gasteiger partial charge in [0.2, 0.25) is 0 Å². The molecule has 52 heavy (non-hydrogen) atoms. The Labute approximate surface area is 301 Å². The molecule has 1 aliphatic rings. The van der Waals surface area contributed by atoms with Crippen LogP contribution in [0.2, 0.25) is 0 Å². The van der Waals surface area contributed by atoms with E-state index in [0.29, 0.717) is 17.5 Å². The molecule has 0 aliphatic heterocycles. The summed E-state index contributed by atoms with van der Waals surface area (Å²) in [5, 5.41) is 5.99. The van der Waals surface area contributed by atoms with Gasteiger partial charge in [0.25, 0.3) is 0 Å². The number of rotatable bonds is 5. The highest BCUT2D eigenvalue weighted by Crippen LogP contribution is 2.50. The zero-order valence-corrected chi connectivity index (χ0v) is 28.6. The van der Waals surface area contributed by atoms with Crippen LogP contribution in [0, 0.1) is 0 Å². The number of hydrogen-bond acceptors (Lipinski definition) is 4. The molecule has 4 nitrogen and oxygen atoms in total. The SMILES string of the molecule is CC1(c2ccc(-c3nc(-c4ccccc4)nc(-c4ccc5c(ccc6ccccc65)c4)n3)cc2)CC(c2ccccc2)=Cc2oc3ccccc3c21. The van der Waals surface area contributed by atoms with Crippen LogP contribution in [0.4, 0.5) is 0 Å². The molecule has 0 saturated heterocycles. The molecule has 0 saturated carbocycles. The third kappa shape index (κ3) is 5.03. The third-order valence-electron chi connectivity index (χ3n) is 10.6. The number of fused-ring (bicyclic) bond motifs is 6. The standard InChI is InChI=1S/C48H33N3O/c1-48(30-37(31-12-4-2-5-13-31)29-43-44(48)41-18-10-11-19-42(41)52-43)38-25-22-34(23-26-38)46-49-45(33-15-6-3-7-16-33)50-47(51-46)36-24-27-40-35(28-36)21-20-32-14-8-9-17-39(32)40/h2-29H,30H2,1H3. The number of aromatic nitrogens is 3. The smallest absolute Gasteiger partial charge is 0.164 e. The van der Waals surface area contributed by atoms with Crippen LogP contribution >= 0.6 is 0 Å². The molecule has 9 aromatic rings. The lowest BCUT2D eigenvalue weighted by Crippen LogP contribution is -2.27. The Bertz CT molecular complexity index is 2820. The molecule has 0 spiro atoms. The van der Waals surface area contributed by atoms with Crippen molar-refractivity contribution in [3.63, 3.8) is 0 Å². The number of furan rings is 1. The normalized spacial score (nSPS) is 15.5. The first-order valence-electron chi connectivity index (χ1n) is 17.7. The van der Waals surface area contributed by atoms with Gasteiger partial charge >= 0.3 is 0 Å². The van der Waals surface area contributed by atoms with E-state index in [0.717, 1.165) is 45.2 Å². The van der Waals surface area contributed by atoms with Crippen molar-refractivity contribution in [2.24, 2.45) is 0 Å². The summed E-state index contributed by atoms with van der Waals surface area (Å²) in [6, 6.07) is 57.3. The fourth-order valence-electron chi connectivity index (χ4n) is 7.99. The van der Waals surface area contributed by atoms with Gasteiger partial charge in [0, 0.05) is 33.1 Å². The minimum Gasteiger partial charge on any atom is -0.456 e. The maximum Gasteiger partial charge on any atom is 0.164 e. The number of hydrogen-bond donors (Lipinski definition) is 0. The topological polar surface area (TPSA) is 51.8 Å². The Balaban J connectivity index is 1.08. The highest BCUT2D eigenvalue weighted by molar-refractivity contribution is 6.08. The Kier molecular flexibility index (Phi) is 6.97. The first kappa shape index (κ1) is 30.2. The van der Waals surface area contributed by atoms with Gasteiger partial charge in [0.15, 0.2) is 17.5 Å². The molecule has 246 valence electrons. The van der Waals surface area contributed by atoms with Crippen molar-refractivity contribution in [1.29, 1.82) is 0 Å². The fourth-order valence-corrected chi connectivity index (χ4v) is 7.99. The molecule has 0 amide bonds. The summed E-state index contributed by atoms with van der Waals surface area (Å²) in [6.45, 7) is 2.34. The molecule has 0 radical (unpaired) electrons. The second kappa shape index (κ2) is 12.0. The molecule has 2 aromatic heterocycles. The molecule has 1 unspecified atom stereocenters. The molecular formula is C48H33N3O. The van der Waals surface area contributed by atoms with Crippen LogP contribution in [0.1, 0.15) is 35.8 Å². The van der Waals surface area contributed by atoms with E-state index < -0.39 is 0 Å². The Morgan fingerprint density at radius 2 is 1.04 bits per heavy atom. The average Bonchev–Trinajstić information content (AvgIpc) is 3.61. The summed E-state index contributed by atoms with van der Waals surface area (Å²) in [5.74, 6) is 2.86. The van der Waals surface area contributed by atoms with Gasteiger partial charge in [-0.25, -0.2) is 15.0 Å². The summed E-state index contributed by atoms with van der Waals surface area (Å²) in [4.78, 5) is 15.2. The first-order valence-corrected chi connectivity index (χ1v) is 17.7. The van der Waals surface area contributed by atoms with E-state index >= 15 is 0 Å². The second-order valence-corrected chi connectivity index (χ2v) is 13.9. The summed E-state index contributed by atoms with van der Waals surface area (Å²) in [6.07, 6.45) is 3.08. The molecular weight excluding hydrogens is 635 g/mol. The van der Waals surface area contributed by atoms with E-state index in [-0.39, 0.29) is 5.41 Å². The minimum atomic E-state index is -0.324. The summed E-state index contributed by atoms with van der Waals surface area (Å²) < 4.78 is 6.51. The summed E-state index contributed by atoms with van der Waals surface area (Å²) >= 11 is 0. The molecule has 0 bridgehead atoms. The monoisotopic (exact) mass is 667 g/mol. The minimum absolute atomic E-state index is 0.324. The lowest BCUT2D eigenvalue weighted by atomic mass is 9.67. The number of allylic oxidation sites excluding steroid dienone is 1. The second-order valence-electron chi connectivity index (χ2n) is 13.9. The molecule has 0 fully saturated rings. The summed E-state index contributed by atoms with van der Waals surface area (Å²) in [7, 11) is 0. The molecule has 10 rings (SSSR count). The molecule has 7 aromatic carbocycles. The van der Waals surface area contributed by atoms with Crippen LogP contribution in [0.5, 0.6) is 0 Å². The van der Waals surface area contributed by atoms with E-state index in [9.17, 15) is 0 Å². The van der Waals surface area contributed by atoms with Gasteiger partial charge < -0.3 is 4.42 Å². The number of para-hydroxylation sites is 1. The van der Waals surface area contributed by atoms with Gasteiger partial charge in [-0.1, -0.05) is 159 Å².